The molecule has 0 spiro atoms. The van der Waals surface area contributed by atoms with Gasteiger partial charge in [-0.15, -0.1) is 0 Å². The number of hydrogen-bond donors (Lipinski definition) is 0. The van der Waals surface area contributed by atoms with Crippen molar-refractivity contribution in [3.8, 4) is 0 Å². The van der Waals surface area contributed by atoms with Crippen molar-refractivity contribution in [2.24, 2.45) is 0 Å². The van der Waals surface area contributed by atoms with Crippen LogP contribution in [0.1, 0.15) is 19.4 Å². The van der Waals surface area contributed by atoms with Crippen molar-refractivity contribution in [1.82, 2.24) is 0 Å². The first-order valence-corrected chi connectivity index (χ1v) is 5.49. The fourth-order valence-electron chi connectivity index (χ4n) is 1.07. The molecule has 0 saturated carbocycles. The Bertz CT molecular complexity index is 382. The first-order chi connectivity index (χ1) is 7.00. The minimum Gasteiger partial charge on any atom is -0.258 e. The molecule has 0 N–H and O–H groups in total. The summed E-state index contributed by atoms with van der Waals surface area (Å²) in [4.78, 5) is 10.3. The minimum atomic E-state index is -0.395. The van der Waals surface area contributed by atoms with Crippen LogP contribution in [0, 0.1) is 10.1 Å². The Morgan fingerprint density at radius 2 is 2.00 bits per heavy atom. The molecule has 0 bridgehead atoms. The number of nitro groups is 1. The second-order valence-electron chi connectivity index (χ2n) is 3.35. The van der Waals surface area contributed by atoms with Crippen molar-refractivity contribution >= 4 is 27.7 Å². The van der Waals surface area contributed by atoms with Gasteiger partial charge < -0.3 is 0 Å². The Kier molecular flexibility index (Phi) is 4.03. The number of hydrogen-bond acceptors (Lipinski definition) is 2. The molecule has 1 aromatic carbocycles. The molecule has 0 saturated heterocycles. The van der Waals surface area contributed by atoms with Crippen molar-refractivity contribution in [3.05, 3.63) is 45.5 Å². The van der Waals surface area contributed by atoms with Crippen LogP contribution < -0.4 is 0 Å². The van der Waals surface area contributed by atoms with Gasteiger partial charge in [0.05, 0.1) is 4.92 Å². The summed E-state index contributed by atoms with van der Waals surface area (Å²) in [7, 11) is 0. The van der Waals surface area contributed by atoms with E-state index in [0.29, 0.717) is 4.83 Å². The number of non-ortho nitro benzene ring substituents is 1. The van der Waals surface area contributed by atoms with Crippen LogP contribution in [0.2, 0.25) is 0 Å². The maximum atomic E-state index is 10.4. The predicted molar refractivity (Wildman–Crippen MR) is 65.1 cm³/mol. The molecule has 80 valence electrons. The van der Waals surface area contributed by atoms with Gasteiger partial charge in [-0.25, -0.2) is 0 Å². The quantitative estimate of drug-likeness (QED) is 0.476. The molecule has 1 aromatic rings. The standard InChI is InChI=1S/C11H12BrNO2/c1-8(9(2)12)7-10-3-5-11(6-4-10)13(14)15/h3-7,9H,1-2H3/b8-7+. The maximum absolute atomic E-state index is 10.4. The van der Waals surface area contributed by atoms with Gasteiger partial charge in [-0.1, -0.05) is 27.6 Å². The fourth-order valence-corrected chi connectivity index (χ4v) is 1.20. The van der Waals surface area contributed by atoms with Crippen LogP contribution in [0.4, 0.5) is 5.69 Å². The molecule has 0 radical (unpaired) electrons. The van der Waals surface area contributed by atoms with E-state index in [0.717, 1.165) is 5.56 Å². The monoisotopic (exact) mass is 269 g/mol. The van der Waals surface area contributed by atoms with Crippen molar-refractivity contribution in [2.45, 2.75) is 18.7 Å². The first-order valence-electron chi connectivity index (χ1n) is 4.57. The van der Waals surface area contributed by atoms with E-state index in [9.17, 15) is 10.1 Å². The molecule has 1 rings (SSSR count). The molecular weight excluding hydrogens is 258 g/mol. The Morgan fingerprint density at radius 1 is 1.47 bits per heavy atom. The van der Waals surface area contributed by atoms with Gasteiger partial charge in [-0.2, -0.15) is 0 Å². The molecule has 0 fully saturated rings. The second kappa shape index (κ2) is 5.07. The van der Waals surface area contributed by atoms with Crippen LogP contribution in [-0.4, -0.2) is 9.75 Å². The van der Waals surface area contributed by atoms with Gasteiger partial charge in [0.15, 0.2) is 0 Å². The number of halogens is 1. The zero-order valence-corrected chi connectivity index (χ0v) is 10.2. The van der Waals surface area contributed by atoms with Crippen molar-refractivity contribution in [3.63, 3.8) is 0 Å². The van der Waals surface area contributed by atoms with Gasteiger partial charge in [-0.3, -0.25) is 10.1 Å². The van der Waals surface area contributed by atoms with Gasteiger partial charge in [0.1, 0.15) is 0 Å². The SMILES string of the molecule is C/C(=C\c1ccc([N+](=O)[O-])cc1)C(C)Br. The molecule has 4 heteroatoms. The summed E-state index contributed by atoms with van der Waals surface area (Å²) >= 11 is 3.46. The summed E-state index contributed by atoms with van der Waals surface area (Å²) in [6, 6.07) is 6.52. The lowest BCUT2D eigenvalue weighted by atomic mass is 10.1. The zero-order valence-electron chi connectivity index (χ0n) is 8.61. The molecule has 0 aromatic heterocycles. The highest BCUT2D eigenvalue weighted by Crippen LogP contribution is 2.17. The number of benzene rings is 1. The van der Waals surface area contributed by atoms with Crippen LogP contribution in [0.5, 0.6) is 0 Å². The number of allylic oxidation sites excluding steroid dienone is 1. The lowest BCUT2D eigenvalue weighted by molar-refractivity contribution is -0.384. The summed E-state index contributed by atoms with van der Waals surface area (Å²) < 4.78 is 0. The molecule has 0 aliphatic heterocycles. The zero-order chi connectivity index (χ0) is 11.4. The van der Waals surface area contributed by atoms with Gasteiger partial charge in [0.2, 0.25) is 0 Å². The minimum absolute atomic E-state index is 0.122. The Balaban J connectivity index is 2.90. The van der Waals surface area contributed by atoms with Crippen molar-refractivity contribution in [1.29, 1.82) is 0 Å². The van der Waals surface area contributed by atoms with E-state index in [2.05, 4.69) is 15.9 Å². The van der Waals surface area contributed by atoms with Gasteiger partial charge >= 0.3 is 0 Å². The topological polar surface area (TPSA) is 43.1 Å². The van der Waals surface area contributed by atoms with Gasteiger partial charge in [0.25, 0.3) is 5.69 Å². The van der Waals surface area contributed by atoms with E-state index < -0.39 is 4.92 Å². The second-order valence-corrected chi connectivity index (χ2v) is 4.73. The summed E-state index contributed by atoms with van der Waals surface area (Å²) in [6.45, 7) is 4.05. The molecule has 0 aliphatic rings. The molecule has 1 atom stereocenters. The van der Waals surface area contributed by atoms with E-state index in [4.69, 9.17) is 0 Å². The molecule has 15 heavy (non-hydrogen) atoms. The largest absolute Gasteiger partial charge is 0.269 e. The number of nitro benzene ring substituents is 1. The molecular formula is C11H12BrNO2. The average Bonchev–Trinajstić information content (AvgIpc) is 2.18. The van der Waals surface area contributed by atoms with Crippen LogP contribution in [-0.2, 0) is 0 Å². The molecule has 3 nitrogen and oxygen atoms in total. The van der Waals surface area contributed by atoms with Crippen LogP contribution >= 0.6 is 15.9 Å². The molecule has 0 amide bonds. The summed E-state index contributed by atoms with van der Waals surface area (Å²) in [5.74, 6) is 0. The third kappa shape index (κ3) is 3.47. The van der Waals surface area contributed by atoms with Crippen molar-refractivity contribution in [2.75, 3.05) is 0 Å². The van der Waals surface area contributed by atoms with Crippen LogP contribution in [0.25, 0.3) is 6.08 Å². The number of alkyl halides is 1. The predicted octanol–water partition coefficient (Wildman–Crippen LogP) is 3.78. The lowest BCUT2D eigenvalue weighted by Gasteiger charge is -2.02. The van der Waals surface area contributed by atoms with Crippen LogP contribution in [0.15, 0.2) is 29.8 Å². The highest BCUT2D eigenvalue weighted by atomic mass is 79.9. The summed E-state index contributed by atoms with van der Waals surface area (Å²) in [5.41, 5.74) is 2.28. The van der Waals surface area contributed by atoms with Crippen molar-refractivity contribution < 1.29 is 4.92 Å². The normalized spacial score (nSPS) is 13.7. The van der Waals surface area contributed by atoms with E-state index >= 15 is 0 Å². The Labute approximate surface area is 97.1 Å². The maximum Gasteiger partial charge on any atom is 0.269 e. The van der Waals surface area contributed by atoms with Gasteiger partial charge in [-0.05, 0) is 31.5 Å². The van der Waals surface area contributed by atoms with E-state index in [-0.39, 0.29) is 5.69 Å². The smallest absolute Gasteiger partial charge is 0.258 e. The van der Waals surface area contributed by atoms with E-state index in [1.54, 1.807) is 12.1 Å². The number of nitrogens with zero attached hydrogens (tertiary/aromatic N) is 1. The van der Waals surface area contributed by atoms with E-state index in [1.165, 1.54) is 17.7 Å². The lowest BCUT2D eigenvalue weighted by Crippen LogP contribution is -1.91. The first kappa shape index (κ1) is 11.9. The summed E-state index contributed by atoms with van der Waals surface area (Å²) in [5, 5.41) is 10.4. The number of rotatable bonds is 3. The molecule has 0 heterocycles. The third-order valence-electron chi connectivity index (χ3n) is 2.13. The molecule has 0 aliphatic carbocycles. The van der Waals surface area contributed by atoms with Gasteiger partial charge in [0, 0.05) is 17.0 Å². The average molecular weight is 270 g/mol. The Hall–Kier alpha value is -1.16. The van der Waals surface area contributed by atoms with Crippen LogP contribution in [0.3, 0.4) is 0 Å². The third-order valence-corrected chi connectivity index (χ3v) is 2.85. The highest BCUT2D eigenvalue weighted by Gasteiger charge is 2.03. The fraction of sp³-hybridized carbons (Fsp3) is 0.273. The Morgan fingerprint density at radius 3 is 2.40 bits per heavy atom. The molecule has 1 unspecified atom stereocenters. The highest BCUT2D eigenvalue weighted by molar-refractivity contribution is 9.09. The van der Waals surface area contributed by atoms with E-state index in [1.807, 2.05) is 19.9 Å². The summed E-state index contributed by atoms with van der Waals surface area (Å²) in [6.07, 6.45) is 2.00.